The molecule has 1 amide bonds. The standard InChI is InChI=1S/C15H19N3OS/c1-2-18(11-14-4-3-9-20-14)10-12-5-7-13(8-6-12)15(19)17-16/h3-9H,2,10-11,16H2,1H3,(H,17,19). The van der Waals surface area contributed by atoms with Gasteiger partial charge in [-0.25, -0.2) is 5.84 Å². The minimum Gasteiger partial charge on any atom is -0.294 e. The second-order valence-electron chi connectivity index (χ2n) is 4.55. The molecule has 0 saturated carbocycles. The topological polar surface area (TPSA) is 58.4 Å². The maximum Gasteiger partial charge on any atom is 0.265 e. The summed E-state index contributed by atoms with van der Waals surface area (Å²) in [5, 5.41) is 2.10. The van der Waals surface area contributed by atoms with Crippen LogP contribution < -0.4 is 11.3 Å². The van der Waals surface area contributed by atoms with E-state index < -0.39 is 0 Å². The van der Waals surface area contributed by atoms with Gasteiger partial charge < -0.3 is 0 Å². The lowest BCUT2D eigenvalue weighted by atomic mass is 10.1. The summed E-state index contributed by atoms with van der Waals surface area (Å²) in [4.78, 5) is 15.1. The van der Waals surface area contributed by atoms with Crippen LogP contribution in [0.5, 0.6) is 0 Å². The lowest BCUT2D eigenvalue weighted by Gasteiger charge is -2.19. The molecule has 0 fully saturated rings. The molecule has 20 heavy (non-hydrogen) atoms. The minimum atomic E-state index is -0.262. The maximum atomic E-state index is 11.4. The number of nitrogens with one attached hydrogen (secondary N) is 1. The van der Waals surface area contributed by atoms with E-state index in [2.05, 4.69) is 34.8 Å². The number of hydrazine groups is 1. The molecule has 0 bridgehead atoms. The van der Waals surface area contributed by atoms with E-state index in [1.807, 2.05) is 12.1 Å². The van der Waals surface area contributed by atoms with Crippen molar-refractivity contribution in [1.29, 1.82) is 0 Å². The van der Waals surface area contributed by atoms with Gasteiger partial charge in [-0.15, -0.1) is 11.3 Å². The second kappa shape index (κ2) is 7.19. The molecule has 0 atom stereocenters. The molecule has 5 heteroatoms. The normalized spacial score (nSPS) is 10.8. The van der Waals surface area contributed by atoms with Crippen LogP contribution in [0.1, 0.15) is 27.7 Å². The third-order valence-electron chi connectivity index (χ3n) is 3.16. The molecule has 0 aliphatic heterocycles. The molecule has 2 rings (SSSR count). The minimum absolute atomic E-state index is 0.262. The van der Waals surface area contributed by atoms with Crippen molar-refractivity contribution in [3.63, 3.8) is 0 Å². The van der Waals surface area contributed by atoms with Gasteiger partial charge in [0.05, 0.1) is 0 Å². The molecule has 2 aromatic rings. The van der Waals surface area contributed by atoms with E-state index in [0.29, 0.717) is 5.56 Å². The number of carbonyl (C=O) groups is 1. The summed E-state index contributed by atoms with van der Waals surface area (Å²) in [5.41, 5.74) is 3.91. The van der Waals surface area contributed by atoms with Gasteiger partial charge in [-0.3, -0.25) is 15.1 Å². The molecule has 1 aromatic carbocycles. The maximum absolute atomic E-state index is 11.4. The zero-order chi connectivity index (χ0) is 14.4. The van der Waals surface area contributed by atoms with Crippen molar-refractivity contribution in [3.8, 4) is 0 Å². The highest BCUT2D eigenvalue weighted by Crippen LogP contribution is 2.14. The monoisotopic (exact) mass is 289 g/mol. The van der Waals surface area contributed by atoms with Crippen molar-refractivity contribution < 1.29 is 4.79 Å². The Morgan fingerprint density at radius 1 is 1.25 bits per heavy atom. The first-order valence-corrected chi connectivity index (χ1v) is 7.45. The van der Waals surface area contributed by atoms with Gasteiger partial charge in [-0.05, 0) is 35.7 Å². The number of hydrogen-bond donors (Lipinski definition) is 2. The predicted molar refractivity (Wildman–Crippen MR) is 82.2 cm³/mol. The third kappa shape index (κ3) is 3.90. The summed E-state index contributed by atoms with van der Waals surface area (Å²) in [7, 11) is 0. The lowest BCUT2D eigenvalue weighted by Crippen LogP contribution is -2.30. The molecule has 3 N–H and O–H groups in total. The molecule has 0 aliphatic rings. The molecule has 0 radical (unpaired) electrons. The highest BCUT2D eigenvalue weighted by Gasteiger charge is 2.07. The summed E-state index contributed by atoms with van der Waals surface area (Å²) in [6.07, 6.45) is 0. The van der Waals surface area contributed by atoms with Crippen molar-refractivity contribution in [2.45, 2.75) is 20.0 Å². The zero-order valence-corrected chi connectivity index (χ0v) is 12.3. The van der Waals surface area contributed by atoms with E-state index in [4.69, 9.17) is 5.84 Å². The largest absolute Gasteiger partial charge is 0.294 e. The average molecular weight is 289 g/mol. The van der Waals surface area contributed by atoms with Gasteiger partial charge in [0.1, 0.15) is 0 Å². The van der Waals surface area contributed by atoms with Gasteiger partial charge in [-0.1, -0.05) is 25.1 Å². The van der Waals surface area contributed by atoms with Crippen LogP contribution in [-0.2, 0) is 13.1 Å². The number of nitrogen functional groups attached to an aromatic ring is 1. The number of amides is 1. The molecule has 1 aromatic heterocycles. The Morgan fingerprint density at radius 2 is 2.00 bits per heavy atom. The van der Waals surface area contributed by atoms with E-state index in [9.17, 15) is 4.79 Å². The molecule has 1 heterocycles. The first kappa shape index (κ1) is 14.7. The van der Waals surface area contributed by atoms with Crippen LogP contribution >= 0.6 is 11.3 Å². The zero-order valence-electron chi connectivity index (χ0n) is 11.5. The van der Waals surface area contributed by atoms with Crippen molar-refractivity contribution >= 4 is 17.2 Å². The van der Waals surface area contributed by atoms with Gasteiger partial charge in [0.25, 0.3) is 5.91 Å². The highest BCUT2D eigenvalue weighted by atomic mass is 32.1. The number of thiophene rings is 1. The SMILES string of the molecule is CCN(Cc1ccc(C(=O)NN)cc1)Cc1cccs1. The van der Waals surface area contributed by atoms with Gasteiger partial charge in [0, 0.05) is 23.5 Å². The Kier molecular flexibility index (Phi) is 5.29. The fraction of sp³-hybridized carbons (Fsp3) is 0.267. The van der Waals surface area contributed by atoms with Crippen molar-refractivity contribution in [2.75, 3.05) is 6.54 Å². The highest BCUT2D eigenvalue weighted by molar-refractivity contribution is 7.09. The predicted octanol–water partition coefficient (Wildman–Crippen LogP) is 2.37. The summed E-state index contributed by atoms with van der Waals surface area (Å²) in [6, 6.07) is 11.8. The number of benzene rings is 1. The fourth-order valence-electron chi connectivity index (χ4n) is 2.01. The second-order valence-corrected chi connectivity index (χ2v) is 5.59. The van der Waals surface area contributed by atoms with Crippen LogP contribution in [0, 0.1) is 0 Å². The van der Waals surface area contributed by atoms with E-state index in [-0.39, 0.29) is 5.91 Å². The molecule has 0 unspecified atom stereocenters. The molecule has 0 spiro atoms. The molecular weight excluding hydrogens is 270 g/mol. The van der Waals surface area contributed by atoms with Gasteiger partial charge >= 0.3 is 0 Å². The molecule has 4 nitrogen and oxygen atoms in total. The number of nitrogens with two attached hydrogens (primary N) is 1. The summed E-state index contributed by atoms with van der Waals surface area (Å²) in [6.45, 7) is 4.98. The van der Waals surface area contributed by atoms with Crippen LogP contribution in [0.3, 0.4) is 0 Å². The Hall–Kier alpha value is -1.69. The quantitative estimate of drug-likeness (QED) is 0.487. The summed E-state index contributed by atoms with van der Waals surface area (Å²) < 4.78 is 0. The molecular formula is C15H19N3OS. The number of hydrogen-bond acceptors (Lipinski definition) is 4. The third-order valence-corrected chi connectivity index (χ3v) is 4.02. The van der Waals surface area contributed by atoms with Crippen LogP contribution in [0.2, 0.25) is 0 Å². The van der Waals surface area contributed by atoms with E-state index >= 15 is 0 Å². The van der Waals surface area contributed by atoms with Gasteiger partial charge in [0.15, 0.2) is 0 Å². The van der Waals surface area contributed by atoms with Crippen LogP contribution in [0.15, 0.2) is 41.8 Å². The number of rotatable bonds is 6. The Bertz CT molecular complexity index is 537. The van der Waals surface area contributed by atoms with Gasteiger partial charge in [0.2, 0.25) is 0 Å². The van der Waals surface area contributed by atoms with Crippen LogP contribution in [0.25, 0.3) is 0 Å². The summed E-state index contributed by atoms with van der Waals surface area (Å²) in [5.74, 6) is 4.85. The van der Waals surface area contributed by atoms with Crippen molar-refractivity contribution in [3.05, 3.63) is 57.8 Å². The van der Waals surface area contributed by atoms with Crippen LogP contribution in [0.4, 0.5) is 0 Å². The Labute approximate surface area is 123 Å². The lowest BCUT2D eigenvalue weighted by molar-refractivity contribution is 0.0953. The Balaban J connectivity index is 1.98. The van der Waals surface area contributed by atoms with Crippen molar-refractivity contribution in [2.24, 2.45) is 5.84 Å². The molecule has 106 valence electrons. The summed E-state index contributed by atoms with van der Waals surface area (Å²) >= 11 is 1.78. The number of carbonyl (C=O) groups excluding carboxylic acids is 1. The van der Waals surface area contributed by atoms with Gasteiger partial charge in [-0.2, -0.15) is 0 Å². The van der Waals surface area contributed by atoms with Crippen LogP contribution in [-0.4, -0.2) is 17.4 Å². The first-order valence-electron chi connectivity index (χ1n) is 6.57. The molecule has 0 saturated heterocycles. The molecule has 0 aliphatic carbocycles. The van der Waals surface area contributed by atoms with Crippen molar-refractivity contribution in [1.82, 2.24) is 10.3 Å². The first-order chi connectivity index (χ1) is 9.72. The van der Waals surface area contributed by atoms with E-state index in [0.717, 1.165) is 19.6 Å². The smallest absolute Gasteiger partial charge is 0.265 e. The average Bonchev–Trinajstić information content (AvgIpc) is 2.99. The van der Waals surface area contributed by atoms with E-state index in [1.165, 1.54) is 10.4 Å². The van der Waals surface area contributed by atoms with E-state index in [1.54, 1.807) is 23.5 Å². The number of nitrogens with zero attached hydrogens (tertiary/aromatic N) is 1. The fourth-order valence-corrected chi connectivity index (χ4v) is 2.75. The Morgan fingerprint density at radius 3 is 2.55 bits per heavy atom.